The molecule has 14 heavy (non-hydrogen) atoms. The SMILES string of the molecule is C=c1c(Br)cc(O)c(F)/c1=C/C=C\C. The molecule has 0 atom stereocenters. The summed E-state index contributed by atoms with van der Waals surface area (Å²) in [6, 6.07) is 1.30. The molecule has 0 radical (unpaired) electrons. The average Bonchev–Trinajstić information content (AvgIpc) is 2.15. The Balaban J connectivity index is 3.64. The fraction of sp³-hybridized carbons (Fsp3) is 0.0909. The molecule has 0 aliphatic rings. The number of hydrogen-bond donors (Lipinski definition) is 1. The van der Waals surface area contributed by atoms with Crippen LogP contribution in [0.15, 0.2) is 22.7 Å². The lowest BCUT2D eigenvalue weighted by Gasteiger charge is -1.98. The van der Waals surface area contributed by atoms with E-state index in [1.54, 1.807) is 18.2 Å². The zero-order chi connectivity index (χ0) is 10.7. The van der Waals surface area contributed by atoms with Gasteiger partial charge in [0, 0.05) is 9.69 Å². The van der Waals surface area contributed by atoms with Gasteiger partial charge in [0.25, 0.3) is 0 Å². The number of aromatic hydroxyl groups is 1. The molecular formula is C11H10BrFO. The highest BCUT2D eigenvalue weighted by molar-refractivity contribution is 9.10. The van der Waals surface area contributed by atoms with Crippen molar-refractivity contribution in [3.05, 3.63) is 38.9 Å². The van der Waals surface area contributed by atoms with Crippen LogP contribution in [-0.2, 0) is 0 Å². The van der Waals surface area contributed by atoms with Crippen LogP contribution in [0.25, 0.3) is 12.7 Å². The van der Waals surface area contributed by atoms with Crippen LogP contribution in [0.5, 0.6) is 5.75 Å². The number of hydrogen-bond acceptors (Lipinski definition) is 1. The molecule has 1 rings (SSSR count). The van der Waals surface area contributed by atoms with Crippen molar-refractivity contribution in [1.29, 1.82) is 0 Å². The zero-order valence-corrected chi connectivity index (χ0v) is 9.31. The standard InChI is InChI=1S/C11H10BrFO/c1-3-4-5-8-7(2)9(12)6-10(14)11(8)13/h3-6,14H,2H2,1H3/b4-3-,8-5+. The van der Waals surface area contributed by atoms with E-state index in [9.17, 15) is 9.50 Å². The summed E-state index contributed by atoms with van der Waals surface area (Å²) in [4.78, 5) is 0. The third-order valence-corrected chi connectivity index (χ3v) is 2.50. The second kappa shape index (κ2) is 4.42. The van der Waals surface area contributed by atoms with Crippen molar-refractivity contribution in [2.45, 2.75) is 6.92 Å². The number of phenolic OH excluding ortho intramolecular Hbond substituents is 1. The number of allylic oxidation sites excluding steroid dienone is 2. The molecule has 1 aromatic carbocycles. The first-order valence-corrected chi connectivity index (χ1v) is 4.86. The molecule has 0 aliphatic heterocycles. The molecule has 1 aromatic rings. The highest BCUT2D eigenvalue weighted by Gasteiger charge is 2.04. The molecule has 0 saturated heterocycles. The molecule has 0 unspecified atom stereocenters. The monoisotopic (exact) mass is 256 g/mol. The molecular weight excluding hydrogens is 247 g/mol. The van der Waals surface area contributed by atoms with Gasteiger partial charge in [-0.2, -0.15) is 0 Å². The Labute approximate surface area is 90.0 Å². The fourth-order valence-electron chi connectivity index (χ4n) is 1.04. The van der Waals surface area contributed by atoms with Crippen LogP contribution in [0.2, 0.25) is 0 Å². The minimum Gasteiger partial charge on any atom is -0.505 e. The van der Waals surface area contributed by atoms with Crippen LogP contribution >= 0.6 is 15.9 Å². The maximum Gasteiger partial charge on any atom is 0.172 e. The maximum absolute atomic E-state index is 13.4. The van der Waals surface area contributed by atoms with Crippen molar-refractivity contribution in [2.75, 3.05) is 0 Å². The molecule has 1 nitrogen and oxygen atoms in total. The second-order valence-corrected chi connectivity index (χ2v) is 3.63. The summed E-state index contributed by atoms with van der Waals surface area (Å²) in [6.07, 6.45) is 5.04. The Hall–Kier alpha value is -1.09. The number of benzene rings is 1. The molecule has 74 valence electrons. The molecule has 0 saturated carbocycles. The second-order valence-electron chi connectivity index (χ2n) is 2.78. The molecule has 0 fully saturated rings. The van der Waals surface area contributed by atoms with Gasteiger partial charge in [-0.15, -0.1) is 0 Å². The van der Waals surface area contributed by atoms with E-state index in [4.69, 9.17) is 0 Å². The first kappa shape index (κ1) is 11.0. The van der Waals surface area contributed by atoms with Gasteiger partial charge in [-0.1, -0.05) is 40.7 Å². The number of halogens is 2. The van der Waals surface area contributed by atoms with E-state index in [1.807, 2.05) is 6.92 Å². The van der Waals surface area contributed by atoms with Gasteiger partial charge in [0.2, 0.25) is 0 Å². The largest absolute Gasteiger partial charge is 0.505 e. The lowest BCUT2D eigenvalue weighted by molar-refractivity contribution is 0.429. The van der Waals surface area contributed by atoms with Crippen molar-refractivity contribution in [2.24, 2.45) is 0 Å². The minimum absolute atomic E-state index is 0.301. The number of rotatable bonds is 1. The van der Waals surface area contributed by atoms with Crippen molar-refractivity contribution in [1.82, 2.24) is 0 Å². The predicted octanol–water partition coefficient (Wildman–Crippen LogP) is 2.06. The predicted molar refractivity (Wildman–Crippen MR) is 59.8 cm³/mol. The highest BCUT2D eigenvalue weighted by Crippen LogP contribution is 2.13. The summed E-state index contributed by atoms with van der Waals surface area (Å²) in [5.41, 5.74) is 0. The van der Waals surface area contributed by atoms with Gasteiger partial charge in [-0.3, -0.25) is 0 Å². The van der Waals surface area contributed by atoms with E-state index in [1.165, 1.54) is 6.07 Å². The lowest BCUT2D eigenvalue weighted by Crippen LogP contribution is -2.27. The molecule has 0 bridgehead atoms. The van der Waals surface area contributed by atoms with E-state index >= 15 is 0 Å². The Morgan fingerprint density at radius 3 is 2.79 bits per heavy atom. The van der Waals surface area contributed by atoms with Crippen LogP contribution in [0, 0.1) is 5.82 Å². The maximum atomic E-state index is 13.4. The minimum atomic E-state index is -0.642. The molecule has 0 amide bonds. The van der Waals surface area contributed by atoms with Gasteiger partial charge in [0.1, 0.15) is 0 Å². The van der Waals surface area contributed by atoms with Gasteiger partial charge in [-0.05, 0) is 18.2 Å². The highest BCUT2D eigenvalue weighted by atomic mass is 79.9. The average molecular weight is 257 g/mol. The van der Waals surface area contributed by atoms with Gasteiger partial charge in [0.05, 0.1) is 0 Å². The molecule has 0 spiro atoms. The molecule has 0 aromatic heterocycles. The summed E-state index contributed by atoms with van der Waals surface area (Å²) in [6.45, 7) is 5.54. The third kappa shape index (κ3) is 2.04. The van der Waals surface area contributed by atoms with Crippen molar-refractivity contribution >= 4 is 28.6 Å². The van der Waals surface area contributed by atoms with Crippen LogP contribution in [0.4, 0.5) is 4.39 Å². The Bertz CT molecular complexity index is 477. The van der Waals surface area contributed by atoms with Gasteiger partial charge in [-0.25, -0.2) is 4.39 Å². The van der Waals surface area contributed by atoms with Crippen LogP contribution in [0.1, 0.15) is 6.92 Å². The van der Waals surface area contributed by atoms with Crippen molar-refractivity contribution < 1.29 is 9.50 Å². The quantitative estimate of drug-likeness (QED) is 0.816. The smallest absolute Gasteiger partial charge is 0.172 e. The Morgan fingerprint density at radius 1 is 1.57 bits per heavy atom. The molecule has 1 N–H and O–H groups in total. The van der Waals surface area contributed by atoms with Gasteiger partial charge < -0.3 is 5.11 Å². The van der Waals surface area contributed by atoms with E-state index in [2.05, 4.69) is 22.5 Å². The normalized spacial score (nSPS) is 12.6. The molecule has 3 heteroatoms. The molecule has 0 aliphatic carbocycles. The summed E-state index contributed by atoms with van der Waals surface area (Å²) < 4.78 is 14.0. The van der Waals surface area contributed by atoms with E-state index in [-0.39, 0.29) is 5.75 Å². The van der Waals surface area contributed by atoms with E-state index < -0.39 is 5.82 Å². The van der Waals surface area contributed by atoms with Crippen LogP contribution < -0.4 is 10.4 Å². The summed E-state index contributed by atoms with van der Waals surface area (Å²) in [5, 5.41) is 10.1. The topological polar surface area (TPSA) is 20.2 Å². The summed E-state index contributed by atoms with van der Waals surface area (Å²) in [7, 11) is 0. The fourth-order valence-corrected chi connectivity index (χ4v) is 1.47. The van der Waals surface area contributed by atoms with Crippen LogP contribution in [-0.4, -0.2) is 5.11 Å². The van der Waals surface area contributed by atoms with Crippen molar-refractivity contribution in [3.8, 4) is 5.75 Å². The zero-order valence-electron chi connectivity index (χ0n) is 7.72. The number of phenols is 1. The van der Waals surface area contributed by atoms with E-state index in [0.29, 0.717) is 14.9 Å². The van der Waals surface area contributed by atoms with E-state index in [0.717, 1.165) is 0 Å². The van der Waals surface area contributed by atoms with Gasteiger partial charge >= 0.3 is 0 Å². The first-order chi connectivity index (χ1) is 6.57. The Morgan fingerprint density at radius 2 is 2.21 bits per heavy atom. The third-order valence-electron chi connectivity index (χ3n) is 1.79. The van der Waals surface area contributed by atoms with Gasteiger partial charge in [0.15, 0.2) is 11.6 Å². The summed E-state index contributed by atoms with van der Waals surface area (Å²) in [5.74, 6) is -1.02. The first-order valence-electron chi connectivity index (χ1n) is 4.07. The lowest BCUT2D eigenvalue weighted by atomic mass is 10.2. The summed E-state index contributed by atoms with van der Waals surface area (Å²) >= 11 is 3.19. The molecule has 0 heterocycles. The van der Waals surface area contributed by atoms with Crippen molar-refractivity contribution in [3.63, 3.8) is 0 Å². The van der Waals surface area contributed by atoms with Crippen LogP contribution in [0.3, 0.4) is 0 Å². The Kier molecular flexibility index (Phi) is 3.47.